The van der Waals surface area contributed by atoms with Gasteiger partial charge in [0.25, 0.3) is 0 Å². The fourth-order valence-corrected chi connectivity index (χ4v) is 9.43. The van der Waals surface area contributed by atoms with Crippen molar-refractivity contribution < 1.29 is 0 Å². The summed E-state index contributed by atoms with van der Waals surface area (Å²) in [6, 6.07) is 46.6. The zero-order valence-electron chi connectivity index (χ0n) is 32.4. The number of hydrogen-bond donors (Lipinski definition) is 0. The molecule has 0 N–H and O–H groups in total. The maximum Gasteiger partial charge on any atom is 0.164 e. The maximum absolute atomic E-state index is 5.16. The molecule has 0 radical (unpaired) electrons. The number of aromatic nitrogens is 3. The highest BCUT2D eigenvalue weighted by Gasteiger charge is 2.21. The van der Waals surface area contributed by atoms with Crippen LogP contribution >= 0.6 is 33.9 Å². The van der Waals surface area contributed by atoms with Crippen molar-refractivity contribution in [2.24, 2.45) is 4.99 Å². The Labute approximate surface area is 352 Å². The van der Waals surface area contributed by atoms with Crippen molar-refractivity contribution in [2.45, 2.75) is 34.1 Å². The molecular weight excluding hydrogens is 828 g/mol. The minimum absolute atomic E-state index is 0.635. The molecule has 0 aliphatic heterocycles. The number of aryl methyl sites for hydroxylation is 2. The molecule has 2 heterocycles. The molecule has 0 atom stereocenters. The molecule has 0 bridgehead atoms. The van der Waals surface area contributed by atoms with E-state index < -0.39 is 0 Å². The number of rotatable bonds is 10. The minimum Gasteiger partial charge on any atom is -0.242 e. The second-order valence-corrected chi connectivity index (χ2v) is 16.1. The van der Waals surface area contributed by atoms with Crippen LogP contribution in [-0.4, -0.2) is 18.7 Å². The molecule has 0 saturated carbocycles. The van der Waals surface area contributed by atoms with Crippen molar-refractivity contribution in [3.63, 3.8) is 0 Å². The molecule has 0 spiro atoms. The zero-order chi connectivity index (χ0) is 39.5. The van der Waals surface area contributed by atoms with Gasteiger partial charge in [-0.15, -0.1) is 11.3 Å². The lowest BCUT2D eigenvalue weighted by Crippen LogP contribution is -2.02. The lowest BCUT2D eigenvalue weighted by atomic mass is 9.88. The fourth-order valence-electron chi connectivity index (χ4n) is 7.14. The first-order chi connectivity index (χ1) is 27.8. The molecule has 8 aromatic rings. The summed E-state index contributed by atoms with van der Waals surface area (Å²) in [4.78, 5) is 20.4. The van der Waals surface area contributed by atoms with Crippen LogP contribution in [-0.2, 0) is 0 Å². The summed E-state index contributed by atoms with van der Waals surface area (Å²) >= 11 is 4.23. The molecule has 8 rings (SSSR count). The molecule has 0 amide bonds. The first-order valence-electron chi connectivity index (χ1n) is 19.1. The number of fused-ring (bicyclic) bond motifs is 3. The number of aliphatic imine (C=N–C) groups is 1. The molecule has 0 saturated heterocycles. The van der Waals surface area contributed by atoms with Crippen LogP contribution in [0.3, 0.4) is 0 Å². The van der Waals surface area contributed by atoms with Crippen molar-refractivity contribution in [3.8, 4) is 56.4 Å². The van der Waals surface area contributed by atoms with Crippen molar-refractivity contribution in [1.82, 2.24) is 15.0 Å². The molecule has 6 heteroatoms. The van der Waals surface area contributed by atoms with Gasteiger partial charge in [0.1, 0.15) is 3.72 Å². The van der Waals surface area contributed by atoms with Crippen molar-refractivity contribution >= 4 is 57.8 Å². The number of halogens is 1. The minimum atomic E-state index is 0.635. The van der Waals surface area contributed by atoms with Gasteiger partial charge in [0, 0.05) is 42.4 Å². The third kappa shape index (κ3) is 7.80. The molecule has 0 unspecified atom stereocenters. The van der Waals surface area contributed by atoms with Crippen LogP contribution in [0.4, 0.5) is 0 Å². The third-order valence-corrected chi connectivity index (χ3v) is 12.2. The van der Waals surface area contributed by atoms with E-state index in [4.69, 9.17) is 19.9 Å². The van der Waals surface area contributed by atoms with E-state index in [1.807, 2.05) is 72.0 Å². The van der Waals surface area contributed by atoms with E-state index in [1.165, 1.54) is 20.2 Å². The maximum atomic E-state index is 5.16. The van der Waals surface area contributed by atoms with E-state index in [0.29, 0.717) is 17.5 Å². The predicted octanol–water partition coefficient (Wildman–Crippen LogP) is 14.8. The van der Waals surface area contributed by atoms with Crippen LogP contribution in [0, 0.1) is 13.8 Å². The monoisotopic (exact) mass is 868 g/mol. The van der Waals surface area contributed by atoms with Crippen molar-refractivity contribution in [3.05, 3.63) is 186 Å². The summed E-state index contributed by atoms with van der Waals surface area (Å²) in [7, 11) is 0. The zero-order valence-corrected chi connectivity index (χ0v) is 35.4. The lowest BCUT2D eigenvalue weighted by Gasteiger charge is -2.18. The van der Waals surface area contributed by atoms with E-state index in [2.05, 4.69) is 148 Å². The number of thiophene rings is 1. The standard InChI is InChI=1S/C51H41IN4S/c1-6-7-10-18-32(2)35(5)53-48(52)46-39(29-30-41-40-24-15-16-26-44(40)57-47(41)46)38-28-27-33(3)43(31-38)45-34(4)19-17-25-42(45)51-55-49(36-20-11-8-12-21-36)54-50(56-51)37-22-13-9-14-23-37/h7-31H,5-6H2,1-4H3/b10-7-,32-18+,53-48?. The highest BCUT2D eigenvalue weighted by molar-refractivity contribution is 14.1. The summed E-state index contributed by atoms with van der Waals surface area (Å²) < 4.78 is 3.38. The summed E-state index contributed by atoms with van der Waals surface area (Å²) in [6.07, 6.45) is 7.29. The van der Waals surface area contributed by atoms with Crippen molar-refractivity contribution in [2.75, 3.05) is 0 Å². The summed E-state index contributed by atoms with van der Waals surface area (Å²) in [6.45, 7) is 12.9. The second kappa shape index (κ2) is 16.7. The summed E-state index contributed by atoms with van der Waals surface area (Å²) in [5.41, 5.74) is 12.5. The topological polar surface area (TPSA) is 51.0 Å². The Morgan fingerprint density at radius 2 is 1.33 bits per heavy atom. The Kier molecular flexibility index (Phi) is 11.2. The van der Waals surface area contributed by atoms with Gasteiger partial charge in [-0.05, 0) is 101 Å². The van der Waals surface area contributed by atoms with E-state index >= 15 is 0 Å². The van der Waals surface area contributed by atoms with Gasteiger partial charge in [0.05, 0.1) is 5.70 Å². The Balaban J connectivity index is 1.32. The molecule has 57 heavy (non-hydrogen) atoms. The average Bonchev–Trinajstić information content (AvgIpc) is 3.63. The Bertz CT molecular complexity index is 2830. The molecule has 0 aliphatic carbocycles. The van der Waals surface area contributed by atoms with Crippen LogP contribution in [0.1, 0.15) is 37.0 Å². The van der Waals surface area contributed by atoms with Crippen LogP contribution < -0.4 is 0 Å². The number of hydrogen-bond acceptors (Lipinski definition) is 5. The van der Waals surface area contributed by atoms with Gasteiger partial charge in [0.2, 0.25) is 0 Å². The lowest BCUT2D eigenvalue weighted by molar-refractivity contribution is 1.07. The quantitative estimate of drug-likeness (QED) is 0.0782. The predicted molar refractivity (Wildman–Crippen MR) is 252 cm³/mol. The Morgan fingerprint density at radius 1 is 0.667 bits per heavy atom. The van der Waals surface area contributed by atoms with Crippen LogP contribution in [0.5, 0.6) is 0 Å². The van der Waals surface area contributed by atoms with Crippen LogP contribution in [0.25, 0.3) is 76.6 Å². The van der Waals surface area contributed by atoms with Gasteiger partial charge in [-0.25, -0.2) is 19.9 Å². The van der Waals surface area contributed by atoms with Gasteiger partial charge in [-0.3, -0.25) is 0 Å². The van der Waals surface area contributed by atoms with Gasteiger partial charge in [0.15, 0.2) is 17.5 Å². The fraction of sp³-hybridized carbons (Fsp3) is 0.0980. The molecule has 0 fully saturated rings. The molecular formula is C51H41IN4S. The second-order valence-electron chi connectivity index (χ2n) is 14.1. The number of benzene rings is 6. The summed E-state index contributed by atoms with van der Waals surface area (Å²) in [5.74, 6) is 1.91. The third-order valence-electron chi connectivity index (χ3n) is 10.2. The molecule has 278 valence electrons. The largest absolute Gasteiger partial charge is 0.242 e. The number of allylic oxidation sites excluding steroid dienone is 4. The number of nitrogens with zero attached hydrogens (tertiary/aromatic N) is 4. The highest BCUT2D eigenvalue weighted by atomic mass is 127. The van der Waals surface area contributed by atoms with Crippen LogP contribution in [0.15, 0.2) is 175 Å². The first kappa shape index (κ1) is 38.1. The normalized spacial score (nSPS) is 12.2. The van der Waals surface area contributed by atoms with E-state index in [9.17, 15) is 0 Å². The molecule has 0 aliphatic rings. The smallest absolute Gasteiger partial charge is 0.164 e. The van der Waals surface area contributed by atoms with Gasteiger partial charge in [-0.1, -0.05) is 153 Å². The molecule has 2 aromatic heterocycles. The SMILES string of the molecule is C=C(N=C(I)c1c(-c2ccc(C)c(-c3c(C)cccc3-c3nc(-c4ccccc4)nc(-c4ccccc4)n3)c2)ccc2c1sc1ccccc12)/C(C)=C/C=C\CC. The summed E-state index contributed by atoms with van der Waals surface area (Å²) in [5, 5.41) is 2.49. The average molecular weight is 869 g/mol. The van der Waals surface area contributed by atoms with Gasteiger partial charge in [-0.2, -0.15) is 0 Å². The van der Waals surface area contributed by atoms with E-state index in [-0.39, 0.29) is 0 Å². The van der Waals surface area contributed by atoms with Crippen LogP contribution in [0.2, 0.25) is 0 Å². The molecule has 6 aromatic carbocycles. The van der Waals surface area contributed by atoms with Gasteiger partial charge < -0.3 is 0 Å². The van der Waals surface area contributed by atoms with Gasteiger partial charge >= 0.3 is 0 Å². The Morgan fingerprint density at radius 3 is 2.04 bits per heavy atom. The van der Waals surface area contributed by atoms with E-state index in [1.54, 1.807) is 0 Å². The van der Waals surface area contributed by atoms with E-state index in [0.717, 1.165) is 77.0 Å². The van der Waals surface area contributed by atoms with Crippen molar-refractivity contribution in [1.29, 1.82) is 0 Å². The molecule has 4 nitrogen and oxygen atoms in total. The highest BCUT2D eigenvalue weighted by Crippen LogP contribution is 2.44. The Hall–Kier alpha value is -5.83. The first-order valence-corrected chi connectivity index (χ1v) is 21.0.